The molecule has 17 heavy (non-hydrogen) atoms. The van der Waals surface area contributed by atoms with Gasteiger partial charge in [0, 0.05) is 25.3 Å². The number of rotatable bonds is 3. The van der Waals surface area contributed by atoms with E-state index in [0.717, 1.165) is 11.8 Å². The Morgan fingerprint density at radius 2 is 2.18 bits per heavy atom. The summed E-state index contributed by atoms with van der Waals surface area (Å²) in [6.45, 7) is 9.79. The van der Waals surface area contributed by atoms with Crippen LogP contribution in [0.4, 0.5) is 5.69 Å². The van der Waals surface area contributed by atoms with Gasteiger partial charge in [-0.2, -0.15) is 0 Å². The summed E-state index contributed by atoms with van der Waals surface area (Å²) in [5.74, 6) is 1.62. The zero-order valence-electron chi connectivity index (χ0n) is 11.2. The minimum Gasteiger partial charge on any atom is -0.371 e. The molecule has 2 rings (SSSR count). The number of nitrogens with zero attached hydrogens (tertiary/aromatic N) is 1. The van der Waals surface area contributed by atoms with Crippen LogP contribution in [0.3, 0.4) is 0 Å². The maximum absolute atomic E-state index is 5.85. The third-order valence-corrected chi connectivity index (χ3v) is 3.96. The highest BCUT2D eigenvalue weighted by Gasteiger charge is 2.25. The zero-order valence-corrected chi connectivity index (χ0v) is 11.2. The van der Waals surface area contributed by atoms with Crippen molar-refractivity contribution in [2.75, 3.05) is 18.0 Å². The smallest absolute Gasteiger partial charge is 0.0412 e. The quantitative estimate of drug-likeness (QED) is 0.868. The average Bonchev–Trinajstić information content (AvgIpc) is 2.78. The van der Waals surface area contributed by atoms with E-state index < -0.39 is 0 Å². The molecule has 2 nitrogen and oxygen atoms in total. The Balaban J connectivity index is 2.18. The van der Waals surface area contributed by atoms with Crippen molar-refractivity contribution in [1.82, 2.24) is 0 Å². The molecule has 2 N–H and O–H groups in total. The first-order valence-electron chi connectivity index (χ1n) is 6.66. The molecule has 1 aliphatic rings. The molecule has 1 fully saturated rings. The average molecular weight is 232 g/mol. The fourth-order valence-corrected chi connectivity index (χ4v) is 2.74. The second kappa shape index (κ2) is 5.09. The molecule has 1 unspecified atom stereocenters. The van der Waals surface area contributed by atoms with E-state index in [1.165, 1.54) is 36.3 Å². The van der Waals surface area contributed by atoms with E-state index in [4.69, 9.17) is 5.73 Å². The summed E-state index contributed by atoms with van der Waals surface area (Å²) >= 11 is 0. The van der Waals surface area contributed by atoms with Crippen molar-refractivity contribution in [3.8, 4) is 0 Å². The lowest BCUT2D eigenvalue weighted by atomic mass is 9.95. The largest absolute Gasteiger partial charge is 0.371 e. The van der Waals surface area contributed by atoms with Gasteiger partial charge in [-0.05, 0) is 36.8 Å². The Morgan fingerprint density at radius 3 is 2.76 bits per heavy atom. The van der Waals surface area contributed by atoms with Crippen molar-refractivity contribution in [1.29, 1.82) is 0 Å². The van der Waals surface area contributed by atoms with Gasteiger partial charge in [-0.15, -0.1) is 0 Å². The zero-order chi connectivity index (χ0) is 12.4. The number of hydrogen-bond acceptors (Lipinski definition) is 2. The van der Waals surface area contributed by atoms with Crippen LogP contribution in [-0.2, 0) is 6.54 Å². The molecule has 0 amide bonds. The standard InChI is InChI=1S/C15H24N2/c1-11(2)13-6-7-17(10-13)15-5-4-12(3)8-14(15)9-16/h4-5,8,11,13H,6-7,9-10,16H2,1-3H3. The number of benzene rings is 1. The molecule has 1 heterocycles. The van der Waals surface area contributed by atoms with E-state index in [0.29, 0.717) is 6.54 Å². The van der Waals surface area contributed by atoms with Crippen molar-refractivity contribution in [2.24, 2.45) is 17.6 Å². The second-order valence-electron chi connectivity index (χ2n) is 5.58. The predicted molar refractivity (Wildman–Crippen MR) is 74.2 cm³/mol. The normalized spacial score (nSPS) is 20.3. The van der Waals surface area contributed by atoms with Gasteiger partial charge in [0.25, 0.3) is 0 Å². The molecule has 1 atom stereocenters. The highest BCUT2D eigenvalue weighted by atomic mass is 15.2. The van der Waals surface area contributed by atoms with Crippen LogP contribution >= 0.6 is 0 Å². The lowest BCUT2D eigenvalue weighted by Crippen LogP contribution is -2.23. The molecule has 2 heteroatoms. The van der Waals surface area contributed by atoms with Crippen LogP contribution in [0.5, 0.6) is 0 Å². The molecular formula is C15H24N2. The Labute approximate surface area is 105 Å². The topological polar surface area (TPSA) is 29.3 Å². The van der Waals surface area contributed by atoms with E-state index in [1.54, 1.807) is 0 Å². The highest BCUT2D eigenvalue weighted by Crippen LogP contribution is 2.30. The summed E-state index contributed by atoms with van der Waals surface area (Å²) in [4.78, 5) is 2.51. The lowest BCUT2D eigenvalue weighted by molar-refractivity contribution is 0.422. The molecule has 1 aliphatic heterocycles. The molecule has 0 bridgehead atoms. The summed E-state index contributed by atoms with van der Waals surface area (Å²) in [7, 11) is 0. The van der Waals surface area contributed by atoms with Crippen molar-refractivity contribution in [3.05, 3.63) is 29.3 Å². The Bertz CT molecular complexity index is 385. The van der Waals surface area contributed by atoms with Gasteiger partial charge < -0.3 is 10.6 Å². The summed E-state index contributed by atoms with van der Waals surface area (Å²) < 4.78 is 0. The van der Waals surface area contributed by atoms with Gasteiger partial charge in [-0.25, -0.2) is 0 Å². The van der Waals surface area contributed by atoms with E-state index in [1.807, 2.05) is 0 Å². The molecule has 0 aromatic heterocycles. The molecule has 0 aliphatic carbocycles. The summed E-state index contributed by atoms with van der Waals surface area (Å²) in [6, 6.07) is 6.65. The minimum absolute atomic E-state index is 0.639. The highest BCUT2D eigenvalue weighted by molar-refractivity contribution is 5.55. The van der Waals surface area contributed by atoms with Gasteiger partial charge >= 0.3 is 0 Å². The van der Waals surface area contributed by atoms with Crippen LogP contribution in [0, 0.1) is 18.8 Å². The molecule has 94 valence electrons. The molecular weight excluding hydrogens is 208 g/mol. The molecule has 1 aromatic carbocycles. The van der Waals surface area contributed by atoms with E-state index in [9.17, 15) is 0 Å². The van der Waals surface area contributed by atoms with Gasteiger partial charge in [0.1, 0.15) is 0 Å². The fourth-order valence-electron chi connectivity index (χ4n) is 2.74. The van der Waals surface area contributed by atoms with Crippen molar-refractivity contribution in [2.45, 2.75) is 33.7 Å². The summed E-state index contributed by atoms with van der Waals surface area (Å²) in [5.41, 5.74) is 9.79. The Morgan fingerprint density at radius 1 is 1.41 bits per heavy atom. The molecule has 1 saturated heterocycles. The van der Waals surface area contributed by atoms with Crippen LogP contribution in [0.15, 0.2) is 18.2 Å². The van der Waals surface area contributed by atoms with E-state index in [-0.39, 0.29) is 0 Å². The van der Waals surface area contributed by atoms with Gasteiger partial charge in [0.15, 0.2) is 0 Å². The molecule has 0 radical (unpaired) electrons. The summed E-state index contributed by atoms with van der Waals surface area (Å²) in [5, 5.41) is 0. The van der Waals surface area contributed by atoms with E-state index >= 15 is 0 Å². The fraction of sp³-hybridized carbons (Fsp3) is 0.600. The second-order valence-corrected chi connectivity index (χ2v) is 5.58. The monoisotopic (exact) mass is 232 g/mol. The van der Waals surface area contributed by atoms with Crippen LogP contribution in [0.1, 0.15) is 31.4 Å². The Hall–Kier alpha value is -1.02. The van der Waals surface area contributed by atoms with E-state index in [2.05, 4.69) is 43.9 Å². The van der Waals surface area contributed by atoms with Crippen LogP contribution in [-0.4, -0.2) is 13.1 Å². The molecule has 0 saturated carbocycles. The molecule has 1 aromatic rings. The predicted octanol–water partition coefficient (Wildman–Crippen LogP) is 2.94. The maximum atomic E-state index is 5.85. The first-order chi connectivity index (χ1) is 8.11. The number of aryl methyl sites for hydroxylation is 1. The number of nitrogens with two attached hydrogens (primary N) is 1. The van der Waals surface area contributed by atoms with Gasteiger partial charge in [0.05, 0.1) is 0 Å². The third-order valence-electron chi connectivity index (χ3n) is 3.96. The van der Waals surface area contributed by atoms with Crippen LogP contribution in [0.2, 0.25) is 0 Å². The number of hydrogen-bond donors (Lipinski definition) is 1. The maximum Gasteiger partial charge on any atom is 0.0412 e. The summed E-state index contributed by atoms with van der Waals surface area (Å²) in [6.07, 6.45) is 1.32. The molecule has 0 spiro atoms. The first-order valence-corrected chi connectivity index (χ1v) is 6.66. The van der Waals surface area contributed by atoms with Crippen molar-refractivity contribution < 1.29 is 0 Å². The van der Waals surface area contributed by atoms with Crippen molar-refractivity contribution in [3.63, 3.8) is 0 Å². The van der Waals surface area contributed by atoms with Crippen molar-refractivity contribution >= 4 is 5.69 Å². The number of anilines is 1. The minimum atomic E-state index is 0.639. The first kappa shape index (κ1) is 12.4. The van der Waals surface area contributed by atoms with Crippen LogP contribution in [0.25, 0.3) is 0 Å². The SMILES string of the molecule is Cc1ccc(N2CCC(C(C)C)C2)c(CN)c1. The van der Waals surface area contributed by atoms with Gasteiger partial charge in [-0.1, -0.05) is 31.5 Å². The Kier molecular flexibility index (Phi) is 3.72. The van der Waals surface area contributed by atoms with Gasteiger partial charge in [-0.3, -0.25) is 0 Å². The van der Waals surface area contributed by atoms with Crippen LogP contribution < -0.4 is 10.6 Å². The third kappa shape index (κ3) is 2.63. The van der Waals surface area contributed by atoms with Gasteiger partial charge in [0.2, 0.25) is 0 Å². The lowest BCUT2D eigenvalue weighted by Gasteiger charge is -2.23.